The fourth-order valence-electron chi connectivity index (χ4n) is 2.49. The number of carbonyl (C=O) groups is 1. The van der Waals surface area contributed by atoms with Crippen molar-refractivity contribution in [2.75, 3.05) is 0 Å². The Labute approximate surface area is 117 Å². The van der Waals surface area contributed by atoms with E-state index in [0.29, 0.717) is 6.92 Å². The Morgan fingerprint density at radius 2 is 2.05 bits per heavy atom. The molecule has 1 aliphatic rings. The first-order valence-corrected chi connectivity index (χ1v) is 6.01. The number of carboxylic acid groups (broad SMARTS) is 1. The molecule has 0 saturated carbocycles. The summed E-state index contributed by atoms with van der Waals surface area (Å²) < 4.78 is 57.4. The Kier molecular flexibility index (Phi) is 3.61. The van der Waals surface area contributed by atoms with Gasteiger partial charge in [0.2, 0.25) is 0 Å². The minimum absolute atomic E-state index is 0.474. The highest BCUT2D eigenvalue weighted by Gasteiger charge is 2.61. The van der Waals surface area contributed by atoms with Crippen molar-refractivity contribution < 1.29 is 37.3 Å². The lowest BCUT2D eigenvalue weighted by atomic mass is 9.86. The van der Waals surface area contributed by atoms with Crippen LogP contribution in [-0.4, -0.2) is 34.1 Å². The number of halogens is 4. The van der Waals surface area contributed by atoms with Crippen molar-refractivity contribution in [2.45, 2.75) is 37.1 Å². The van der Waals surface area contributed by atoms with Crippen LogP contribution in [0.25, 0.3) is 0 Å². The summed E-state index contributed by atoms with van der Waals surface area (Å²) in [6, 6.07) is 3.19. The summed E-state index contributed by atoms with van der Waals surface area (Å²) in [5.74, 6) is -4.64. The summed E-state index contributed by atoms with van der Waals surface area (Å²) in [5.41, 5.74) is -3.19. The molecule has 0 aromatic heterocycles. The first kappa shape index (κ1) is 15.6. The van der Waals surface area contributed by atoms with Crippen LogP contribution in [0.4, 0.5) is 17.6 Å². The van der Waals surface area contributed by atoms with Gasteiger partial charge in [0, 0.05) is 11.5 Å². The fraction of sp³-hybridized carbons (Fsp3) is 0.462. The van der Waals surface area contributed by atoms with Gasteiger partial charge < -0.3 is 14.9 Å². The van der Waals surface area contributed by atoms with Crippen molar-refractivity contribution in [1.29, 1.82) is 0 Å². The predicted octanol–water partition coefficient (Wildman–Crippen LogP) is 2.81. The summed E-state index contributed by atoms with van der Waals surface area (Å²) in [7, 11) is 0. The van der Waals surface area contributed by atoms with Crippen molar-refractivity contribution >= 4 is 5.97 Å². The number of hydrogen-bond donors (Lipinski definition) is 2. The zero-order chi connectivity index (χ0) is 16.0. The molecule has 4 nitrogen and oxygen atoms in total. The molecule has 0 amide bonds. The molecule has 1 saturated heterocycles. The van der Waals surface area contributed by atoms with Gasteiger partial charge >= 0.3 is 12.1 Å². The smallest absolute Gasteiger partial charge is 0.417 e. The molecular weight excluding hydrogens is 296 g/mol. The molecule has 8 heteroatoms. The molecule has 0 aliphatic carbocycles. The van der Waals surface area contributed by atoms with Gasteiger partial charge in [-0.3, -0.25) is 0 Å². The maximum absolute atomic E-state index is 13.8. The topological polar surface area (TPSA) is 66.8 Å². The summed E-state index contributed by atoms with van der Waals surface area (Å²) in [6.07, 6.45) is -7.49. The molecule has 1 aromatic carbocycles. The lowest BCUT2D eigenvalue weighted by Crippen LogP contribution is -2.42. The molecule has 1 aromatic rings. The Morgan fingerprint density at radius 3 is 2.52 bits per heavy atom. The molecule has 1 fully saturated rings. The zero-order valence-electron chi connectivity index (χ0n) is 10.8. The van der Waals surface area contributed by atoms with Gasteiger partial charge in [-0.2, -0.15) is 13.2 Å². The van der Waals surface area contributed by atoms with E-state index in [4.69, 9.17) is 5.11 Å². The van der Waals surface area contributed by atoms with Crippen molar-refractivity contribution in [3.8, 4) is 5.75 Å². The van der Waals surface area contributed by atoms with Crippen LogP contribution >= 0.6 is 0 Å². The molecule has 1 heterocycles. The number of aromatic hydroxyl groups is 1. The van der Waals surface area contributed by atoms with Crippen molar-refractivity contribution in [2.24, 2.45) is 0 Å². The van der Waals surface area contributed by atoms with Crippen LogP contribution in [0.3, 0.4) is 0 Å². The first-order valence-electron chi connectivity index (χ1n) is 6.01. The van der Waals surface area contributed by atoms with Crippen LogP contribution in [0.5, 0.6) is 5.75 Å². The number of ether oxygens (including phenoxy) is 1. The number of phenols is 1. The number of rotatable bonds is 2. The van der Waals surface area contributed by atoms with E-state index in [9.17, 15) is 27.5 Å². The van der Waals surface area contributed by atoms with Crippen LogP contribution in [-0.2, 0) is 9.53 Å². The molecule has 2 rings (SSSR count). The van der Waals surface area contributed by atoms with Crippen molar-refractivity contribution in [1.82, 2.24) is 0 Å². The van der Waals surface area contributed by atoms with Crippen LogP contribution < -0.4 is 0 Å². The lowest BCUT2D eigenvalue weighted by Gasteiger charge is -2.26. The summed E-state index contributed by atoms with van der Waals surface area (Å²) >= 11 is 0. The summed E-state index contributed by atoms with van der Waals surface area (Å²) in [5, 5.41) is 18.7. The highest BCUT2D eigenvalue weighted by molar-refractivity contribution is 5.75. The molecule has 0 spiro atoms. The molecule has 21 heavy (non-hydrogen) atoms. The minimum Gasteiger partial charge on any atom is -0.508 e. The minimum atomic E-state index is -4.81. The Morgan fingerprint density at radius 1 is 1.43 bits per heavy atom. The zero-order valence-corrected chi connectivity index (χ0v) is 10.8. The standard InChI is InChI=1S/C13H12F4O4/c1-12(13(15,16)17)5-6(10(21-12)11(19)20)9-7(14)3-2-4-8(9)18/h2-4,6,10,18H,5H2,1H3,(H,19,20). The van der Waals surface area contributed by atoms with E-state index in [1.807, 2.05) is 0 Å². The van der Waals surface area contributed by atoms with Crippen molar-refractivity contribution in [3.05, 3.63) is 29.6 Å². The lowest BCUT2D eigenvalue weighted by molar-refractivity contribution is -0.263. The second-order valence-electron chi connectivity index (χ2n) is 5.09. The maximum Gasteiger partial charge on any atom is 0.417 e. The van der Waals surface area contributed by atoms with E-state index < -0.39 is 53.3 Å². The van der Waals surface area contributed by atoms with Crippen LogP contribution in [0.1, 0.15) is 24.8 Å². The van der Waals surface area contributed by atoms with Gasteiger partial charge in [0.15, 0.2) is 11.7 Å². The van der Waals surface area contributed by atoms with Crippen LogP contribution in [0.2, 0.25) is 0 Å². The van der Waals surface area contributed by atoms with Gasteiger partial charge in [-0.1, -0.05) is 6.07 Å². The highest BCUT2D eigenvalue weighted by atomic mass is 19.4. The molecule has 0 radical (unpaired) electrons. The van der Waals surface area contributed by atoms with E-state index in [1.54, 1.807) is 0 Å². The monoisotopic (exact) mass is 308 g/mol. The molecule has 3 unspecified atom stereocenters. The quantitative estimate of drug-likeness (QED) is 0.825. The van der Waals surface area contributed by atoms with Crippen LogP contribution in [0, 0.1) is 5.82 Å². The second kappa shape index (κ2) is 4.87. The molecule has 116 valence electrons. The van der Waals surface area contributed by atoms with Gasteiger partial charge in [-0.05, 0) is 25.5 Å². The normalized spacial score (nSPS) is 29.6. The molecule has 3 atom stereocenters. The number of phenolic OH excluding ortho intramolecular Hbond substituents is 1. The molecule has 0 bridgehead atoms. The van der Waals surface area contributed by atoms with Gasteiger partial charge in [0.25, 0.3) is 0 Å². The molecule has 2 N–H and O–H groups in total. The van der Waals surface area contributed by atoms with E-state index in [-0.39, 0.29) is 0 Å². The number of benzene rings is 1. The van der Waals surface area contributed by atoms with Gasteiger partial charge in [0.05, 0.1) is 0 Å². The van der Waals surface area contributed by atoms with E-state index >= 15 is 0 Å². The number of alkyl halides is 3. The second-order valence-corrected chi connectivity index (χ2v) is 5.09. The largest absolute Gasteiger partial charge is 0.508 e. The third-order valence-electron chi connectivity index (χ3n) is 3.61. The maximum atomic E-state index is 13.8. The third kappa shape index (κ3) is 2.55. The van der Waals surface area contributed by atoms with Crippen molar-refractivity contribution in [3.63, 3.8) is 0 Å². The fourth-order valence-corrected chi connectivity index (χ4v) is 2.49. The van der Waals surface area contributed by atoms with E-state index in [1.165, 1.54) is 6.07 Å². The Bertz CT molecular complexity index is 552. The van der Waals surface area contributed by atoms with Gasteiger partial charge in [-0.15, -0.1) is 0 Å². The molecular formula is C13H12F4O4. The summed E-state index contributed by atoms with van der Waals surface area (Å²) in [6.45, 7) is 0.709. The summed E-state index contributed by atoms with van der Waals surface area (Å²) in [4.78, 5) is 11.1. The average Bonchev–Trinajstić information content (AvgIpc) is 2.68. The number of carboxylic acids is 1. The van der Waals surface area contributed by atoms with Crippen LogP contribution in [0.15, 0.2) is 18.2 Å². The first-order chi connectivity index (χ1) is 9.57. The highest BCUT2D eigenvalue weighted by Crippen LogP contribution is 2.51. The number of hydrogen-bond acceptors (Lipinski definition) is 3. The van der Waals surface area contributed by atoms with Gasteiger partial charge in [-0.25, -0.2) is 9.18 Å². The molecule has 1 aliphatic heterocycles. The third-order valence-corrected chi connectivity index (χ3v) is 3.61. The Balaban J connectivity index is 2.49. The van der Waals surface area contributed by atoms with Gasteiger partial charge in [0.1, 0.15) is 11.6 Å². The predicted molar refractivity (Wildman–Crippen MR) is 62.4 cm³/mol. The van der Waals surface area contributed by atoms with E-state index in [2.05, 4.69) is 4.74 Å². The SMILES string of the molecule is CC1(C(F)(F)F)CC(c2c(O)cccc2F)C(C(=O)O)O1. The average molecular weight is 308 g/mol. The number of aliphatic carboxylic acids is 1. The Hall–Kier alpha value is -1.83. The van der Waals surface area contributed by atoms with E-state index in [0.717, 1.165) is 12.1 Å².